The molecule has 0 atom stereocenters. The molecule has 10 heavy (non-hydrogen) atoms. The molecule has 0 aromatic heterocycles. The molecule has 0 aromatic carbocycles. The van der Waals surface area contributed by atoms with E-state index in [9.17, 15) is 4.55 Å². The zero-order chi connectivity index (χ0) is 8.41. The molecule has 0 fully saturated rings. The van der Waals surface area contributed by atoms with Crippen molar-refractivity contribution in [3.63, 3.8) is 0 Å². The minimum absolute atomic E-state index is 0.251. The van der Waals surface area contributed by atoms with Crippen LogP contribution in [-0.4, -0.2) is 30.7 Å². The van der Waals surface area contributed by atoms with Crippen LogP contribution in [0.3, 0.4) is 0 Å². The van der Waals surface area contributed by atoms with Gasteiger partial charge in [0, 0.05) is 0 Å². The number of thiol groups is 1. The van der Waals surface area contributed by atoms with Crippen molar-refractivity contribution >= 4 is 16.2 Å². The van der Waals surface area contributed by atoms with Gasteiger partial charge in [-0.05, 0) is 11.5 Å². The SMILES string of the molecule is CC[SH](O)(CC)=P(O)(O)O. The number of rotatable bonds is 2. The van der Waals surface area contributed by atoms with Crippen molar-refractivity contribution in [3.05, 3.63) is 0 Å². The Kier molecular flexibility index (Phi) is 3.55. The highest BCUT2D eigenvalue weighted by Gasteiger charge is 2.17. The summed E-state index contributed by atoms with van der Waals surface area (Å²) < 4.78 is 9.38. The highest BCUT2D eigenvalue weighted by atomic mass is 32.6. The van der Waals surface area contributed by atoms with E-state index in [2.05, 4.69) is 0 Å². The summed E-state index contributed by atoms with van der Waals surface area (Å²) >= 11 is 0. The van der Waals surface area contributed by atoms with Crippen LogP contribution < -0.4 is 0 Å². The molecule has 4 nitrogen and oxygen atoms in total. The van der Waals surface area contributed by atoms with Crippen molar-refractivity contribution in [3.8, 4) is 0 Å². The van der Waals surface area contributed by atoms with E-state index in [0.29, 0.717) is 0 Å². The van der Waals surface area contributed by atoms with Crippen molar-refractivity contribution in [1.82, 2.24) is 0 Å². The second-order valence-corrected chi connectivity index (χ2v) is 9.99. The molecule has 0 radical (unpaired) electrons. The van der Waals surface area contributed by atoms with Crippen LogP contribution in [0.5, 0.6) is 0 Å². The van der Waals surface area contributed by atoms with Gasteiger partial charge in [0.05, 0.1) is 0 Å². The molecule has 0 saturated heterocycles. The quantitative estimate of drug-likeness (QED) is 0.314. The highest BCUT2D eigenvalue weighted by Crippen LogP contribution is 2.42. The molecular formula is C4H15O4PS. The fourth-order valence-electron chi connectivity index (χ4n) is 0.603. The van der Waals surface area contributed by atoms with E-state index in [4.69, 9.17) is 14.7 Å². The first-order valence-corrected chi connectivity index (χ1v) is 7.51. The van der Waals surface area contributed by atoms with Crippen molar-refractivity contribution < 1.29 is 19.2 Å². The van der Waals surface area contributed by atoms with E-state index >= 15 is 0 Å². The summed E-state index contributed by atoms with van der Waals surface area (Å²) in [5.41, 5.74) is 0. The first kappa shape index (κ1) is 10.6. The highest BCUT2D eigenvalue weighted by molar-refractivity contribution is 8.35. The first-order chi connectivity index (χ1) is 4.37. The largest absolute Gasteiger partial charge is 0.354 e. The van der Waals surface area contributed by atoms with Crippen molar-refractivity contribution in [2.24, 2.45) is 0 Å². The van der Waals surface area contributed by atoms with Crippen LogP contribution in [0.25, 0.3) is 0 Å². The molecule has 0 aliphatic rings. The second kappa shape index (κ2) is 3.34. The minimum Gasteiger partial charge on any atom is -0.354 e. The molecule has 0 aliphatic carbocycles. The van der Waals surface area contributed by atoms with Crippen LogP contribution in [0.4, 0.5) is 0 Å². The zero-order valence-corrected chi connectivity index (χ0v) is 7.89. The molecule has 66 valence electrons. The molecule has 6 heteroatoms. The van der Waals surface area contributed by atoms with E-state index in [1.165, 1.54) is 0 Å². The lowest BCUT2D eigenvalue weighted by Gasteiger charge is -2.26. The Morgan fingerprint density at radius 1 is 1.10 bits per heavy atom. The van der Waals surface area contributed by atoms with Crippen molar-refractivity contribution in [1.29, 1.82) is 0 Å². The van der Waals surface area contributed by atoms with Crippen LogP contribution in [0, 0.1) is 0 Å². The topological polar surface area (TPSA) is 80.9 Å². The lowest BCUT2D eigenvalue weighted by atomic mass is 11.0. The van der Waals surface area contributed by atoms with E-state index in [1.807, 2.05) is 0 Å². The Labute approximate surface area is 61.5 Å². The summed E-state index contributed by atoms with van der Waals surface area (Å²) in [6, 6.07) is 0. The van der Waals surface area contributed by atoms with Crippen molar-refractivity contribution in [2.45, 2.75) is 13.8 Å². The molecule has 0 aliphatic heterocycles. The fourth-order valence-corrected chi connectivity index (χ4v) is 4.09. The lowest BCUT2D eigenvalue weighted by Crippen LogP contribution is -2.17. The standard InChI is InChI=1S/C4H15O4PS/c1-3-10(8,4-2)9(5,6)7/h5-8,10H,3-4H2,1-2H3. The maximum Gasteiger partial charge on any atom is 0.280 e. The molecule has 0 aromatic rings. The summed E-state index contributed by atoms with van der Waals surface area (Å²) in [5.74, 6) is 0.502. The molecule has 0 heterocycles. The second-order valence-electron chi connectivity index (χ2n) is 2.05. The average Bonchev–Trinajstić information content (AvgIpc) is 1.84. The number of hydrogen-bond acceptors (Lipinski definition) is 0. The monoisotopic (exact) mass is 190 g/mol. The van der Waals surface area contributed by atoms with Gasteiger partial charge in [0.1, 0.15) is 0 Å². The van der Waals surface area contributed by atoms with Gasteiger partial charge in [0.15, 0.2) is 0 Å². The molecule has 4 N–H and O–H groups in total. The van der Waals surface area contributed by atoms with Crippen LogP contribution >= 0.6 is 6.72 Å². The van der Waals surface area contributed by atoms with Gasteiger partial charge < -0.3 is 19.2 Å². The van der Waals surface area contributed by atoms with E-state index in [0.717, 1.165) is 0 Å². The Morgan fingerprint density at radius 2 is 1.40 bits per heavy atom. The Bertz CT molecular complexity index is 167. The van der Waals surface area contributed by atoms with Gasteiger partial charge in [-0.3, -0.25) is 0 Å². The Morgan fingerprint density at radius 3 is 1.40 bits per heavy atom. The third-order valence-corrected chi connectivity index (χ3v) is 9.23. The Balaban J connectivity index is 4.99. The summed E-state index contributed by atoms with van der Waals surface area (Å²) in [6.07, 6.45) is 0. The van der Waals surface area contributed by atoms with Crippen LogP contribution in [-0.2, 0) is 9.49 Å². The molecule has 0 amide bonds. The van der Waals surface area contributed by atoms with Crippen LogP contribution in [0.2, 0.25) is 0 Å². The van der Waals surface area contributed by atoms with E-state index in [-0.39, 0.29) is 11.5 Å². The average molecular weight is 190 g/mol. The predicted molar refractivity (Wildman–Crippen MR) is 46.0 cm³/mol. The maximum atomic E-state index is 9.38. The van der Waals surface area contributed by atoms with Gasteiger partial charge in [0.25, 0.3) is 6.72 Å². The van der Waals surface area contributed by atoms with Gasteiger partial charge in [-0.2, -0.15) is 0 Å². The summed E-state index contributed by atoms with van der Waals surface area (Å²) in [5, 5.41) is 0. The van der Waals surface area contributed by atoms with Gasteiger partial charge in [0.2, 0.25) is 0 Å². The zero-order valence-electron chi connectivity index (χ0n) is 6.10. The maximum absolute atomic E-state index is 9.38. The van der Waals surface area contributed by atoms with Gasteiger partial charge >= 0.3 is 0 Å². The van der Waals surface area contributed by atoms with Gasteiger partial charge in [-0.15, -0.1) is 9.49 Å². The predicted octanol–water partition coefficient (Wildman–Crippen LogP) is 0.0400. The third kappa shape index (κ3) is 2.05. The third-order valence-electron chi connectivity index (χ3n) is 1.51. The Hall–Kier alpha value is 0.620. The number of hydrogen-bond donors (Lipinski definition) is 5. The summed E-state index contributed by atoms with van der Waals surface area (Å²) in [6.45, 7) is -0.704. The lowest BCUT2D eigenvalue weighted by molar-refractivity contribution is 0.359. The van der Waals surface area contributed by atoms with Gasteiger partial charge in [-0.1, -0.05) is 13.8 Å². The van der Waals surface area contributed by atoms with E-state index < -0.39 is 16.2 Å². The molecule has 0 spiro atoms. The van der Waals surface area contributed by atoms with Crippen LogP contribution in [0.15, 0.2) is 0 Å². The first-order valence-electron chi connectivity index (χ1n) is 3.05. The van der Waals surface area contributed by atoms with E-state index in [1.54, 1.807) is 13.8 Å². The molecular weight excluding hydrogens is 175 g/mol. The van der Waals surface area contributed by atoms with Crippen molar-refractivity contribution in [2.75, 3.05) is 11.5 Å². The summed E-state index contributed by atoms with van der Waals surface area (Å²) in [4.78, 5) is 26.3. The summed E-state index contributed by atoms with van der Waals surface area (Å²) in [7, 11) is -2.84. The fraction of sp³-hybridized carbons (Fsp3) is 1.00. The minimum atomic E-state index is -3.97. The molecule has 0 rings (SSSR count). The van der Waals surface area contributed by atoms with Crippen LogP contribution in [0.1, 0.15) is 13.8 Å². The molecule has 0 saturated carbocycles. The molecule has 0 unspecified atom stereocenters. The normalized spacial score (nSPS) is 15.4. The van der Waals surface area contributed by atoms with Gasteiger partial charge in [-0.25, -0.2) is 0 Å². The smallest absolute Gasteiger partial charge is 0.280 e. The molecule has 0 bridgehead atoms.